The van der Waals surface area contributed by atoms with Gasteiger partial charge in [-0.15, -0.1) is 6.58 Å². The Morgan fingerprint density at radius 2 is 2.43 bits per heavy atom. The summed E-state index contributed by atoms with van der Waals surface area (Å²) in [6.07, 6.45) is 4.93. The number of rotatable bonds is 2. The summed E-state index contributed by atoms with van der Waals surface area (Å²) in [4.78, 5) is 11.9. The van der Waals surface area contributed by atoms with Gasteiger partial charge in [-0.05, 0) is 25.2 Å². The molecular formula is C12H16O2. The lowest BCUT2D eigenvalue weighted by molar-refractivity contribution is -0.133. The highest BCUT2D eigenvalue weighted by Crippen LogP contribution is 2.45. The van der Waals surface area contributed by atoms with Crippen LogP contribution in [-0.2, 0) is 4.79 Å². The number of carbonyl (C=O) groups excluding carboxylic acids is 1. The number of aliphatic hydroxyl groups is 1. The van der Waals surface area contributed by atoms with E-state index in [1.165, 1.54) is 5.57 Å². The minimum atomic E-state index is -0.152. The van der Waals surface area contributed by atoms with Crippen LogP contribution in [0.15, 0.2) is 24.3 Å². The van der Waals surface area contributed by atoms with Crippen molar-refractivity contribution in [2.75, 3.05) is 6.61 Å². The predicted molar refractivity (Wildman–Crippen MR) is 54.6 cm³/mol. The molecule has 76 valence electrons. The number of hydrogen-bond acceptors (Lipinski definition) is 2. The van der Waals surface area contributed by atoms with Crippen LogP contribution in [-0.4, -0.2) is 17.5 Å². The summed E-state index contributed by atoms with van der Waals surface area (Å²) in [6, 6.07) is 0. The average Bonchev–Trinajstić information content (AvgIpc) is 2.19. The molecular weight excluding hydrogens is 176 g/mol. The zero-order chi connectivity index (χ0) is 10.3. The normalized spacial score (nSPS) is 41.0. The Balaban J connectivity index is 2.36. The van der Waals surface area contributed by atoms with Crippen LogP contribution in [0.5, 0.6) is 0 Å². The Morgan fingerprint density at radius 1 is 1.71 bits per heavy atom. The van der Waals surface area contributed by atoms with Crippen LogP contribution >= 0.6 is 0 Å². The second-order valence-corrected chi connectivity index (χ2v) is 4.37. The number of carbonyl (C=O) groups is 1. The maximum atomic E-state index is 11.9. The van der Waals surface area contributed by atoms with Crippen molar-refractivity contribution in [3.05, 3.63) is 24.3 Å². The van der Waals surface area contributed by atoms with Crippen molar-refractivity contribution in [1.29, 1.82) is 0 Å². The van der Waals surface area contributed by atoms with Gasteiger partial charge in [0, 0.05) is 11.8 Å². The molecule has 0 aromatic carbocycles. The summed E-state index contributed by atoms with van der Waals surface area (Å²) in [5.74, 6) is 0.578. The number of fused-ring (bicyclic) bond motifs is 2. The molecule has 0 saturated heterocycles. The van der Waals surface area contributed by atoms with Gasteiger partial charge in [-0.3, -0.25) is 4.79 Å². The van der Waals surface area contributed by atoms with E-state index in [1.807, 2.05) is 6.08 Å². The van der Waals surface area contributed by atoms with Crippen LogP contribution in [0.1, 0.15) is 13.3 Å². The van der Waals surface area contributed by atoms with E-state index in [9.17, 15) is 9.90 Å². The molecule has 3 rings (SSSR count). The van der Waals surface area contributed by atoms with Gasteiger partial charge in [-0.25, -0.2) is 0 Å². The van der Waals surface area contributed by atoms with E-state index in [1.54, 1.807) is 0 Å². The van der Waals surface area contributed by atoms with Crippen LogP contribution < -0.4 is 0 Å². The third kappa shape index (κ3) is 1.17. The maximum Gasteiger partial charge on any atom is 0.146 e. The molecule has 2 bridgehead atoms. The molecule has 0 aromatic heterocycles. The zero-order valence-corrected chi connectivity index (χ0v) is 8.44. The number of ketones is 1. The Bertz CT molecular complexity index is 303. The van der Waals surface area contributed by atoms with E-state index in [-0.39, 0.29) is 30.1 Å². The first kappa shape index (κ1) is 9.66. The summed E-state index contributed by atoms with van der Waals surface area (Å²) >= 11 is 0. The molecule has 2 nitrogen and oxygen atoms in total. The summed E-state index contributed by atoms with van der Waals surface area (Å²) in [5, 5.41) is 9.19. The molecule has 0 unspecified atom stereocenters. The zero-order valence-electron chi connectivity index (χ0n) is 8.44. The van der Waals surface area contributed by atoms with Crippen molar-refractivity contribution < 1.29 is 9.90 Å². The summed E-state index contributed by atoms with van der Waals surface area (Å²) in [6.45, 7) is 5.83. The van der Waals surface area contributed by atoms with E-state index < -0.39 is 0 Å². The molecule has 1 N–H and O–H groups in total. The SMILES string of the molecule is C=C[C@H]1C[C@H]2C(C)=C[C@@H]1C(=O)[C@@H]2CO. The largest absolute Gasteiger partial charge is 0.396 e. The van der Waals surface area contributed by atoms with Gasteiger partial charge in [-0.2, -0.15) is 0 Å². The Morgan fingerprint density at radius 3 is 3.00 bits per heavy atom. The molecule has 0 aliphatic heterocycles. The standard InChI is InChI=1S/C12H16O2/c1-3-8-5-9-7(2)4-10(8)12(14)11(9)6-13/h3-4,8-11,13H,1,5-6H2,2H3/t8-,9-,10-,11+/m0/s1. The lowest BCUT2D eigenvalue weighted by Crippen LogP contribution is -2.45. The first-order chi connectivity index (χ1) is 6.69. The van der Waals surface area contributed by atoms with Gasteiger partial charge in [0.15, 0.2) is 0 Å². The Labute approximate surface area is 84.3 Å². The second-order valence-electron chi connectivity index (χ2n) is 4.37. The van der Waals surface area contributed by atoms with Crippen LogP contribution in [0.4, 0.5) is 0 Å². The minimum Gasteiger partial charge on any atom is -0.396 e. The molecule has 1 saturated carbocycles. The fourth-order valence-electron chi connectivity index (χ4n) is 2.84. The van der Waals surface area contributed by atoms with Gasteiger partial charge in [0.1, 0.15) is 5.78 Å². The summed E-state index contributed by atoms with van der Waals surface area (Å²) in [7, 11) is 0. The second kappa shape index (κ2) is 3.35. The molecule has 3 aliphatic carbocycles. The van der Waals surface area contributed by atoms with Gasteiger partial charge in [0.2, 0.25) is 0 Å². The first-order valence-electron chi connectivity index (χ1n) is 5.14. The van der Waals surface area contributed by atoms with Gasteiger partial charge in [-0.1, -0.05) is 17.7 Å². The van der Waals surface area contributed by atoms with E-state index in [0.29, 0.717) is 5.92 Å². The van der Waals surface area contributed by atoms with Crippen molar-refractivity contribution in [3.63, 3.8) is 0 Å². The average molecular weight is 192 g/mol. The van der Waals surface area contributed by atoms with Crippen molar-refractivity contribution >= 4 is 5.78 Å². The lowest BCUT2D eigenvalue weighted by atomic mass is 9.60. The van der Waals surface area contributed by atoms with Crippen molar-refractivity contribution in [2.45, 2.75) is 13.3 Å². The minimum absolute atomic E-state index is 0.00492. The number of aliphatic hydroxyl groups excluding tert-OH is 1. The highest BCUT2D eigenvalue weighted by Gasteiger charge is 2.45. The molecule has 0 amide bonds. The molecule has 14 heavy (non-hydrogen) atoms. The van der Waals surface area contributed by atoms with Crippen LogP contribution in [0, 0.1) is 23.7 Å². The molecule has 0 heterocycles. The molecule has 0 spiro atoms. The fraction of sp³-hybridized carbons (Fsp3) is 0.583. The quantitative estimate of drug-likeness (QED) is 0.674. The molecule has 1 fully saturated rings. The number of hydrogen-bond donors (Lipinski definition) is 1. The fourth-order valence-corrected chi connectivity index (χ4v) is 2.84. The van der Waals surface area contributed by atoms with E-state index >= 15 is 0 Å². The Hall–Kier alpha value is -0.890. The molecule has 0 radical (unpaired) electrons. The van der Waals surface area contributed by atoms with Gasteiger partial charge in [0.05, 0.1) is 6.61 Å². The van der Waals surface area contributed by atoms with Crippen molar-refractivity contribution in [2.24, 2.45) is 23.7 Å². The third-order valence-electron chi connectivity index (χ3n) is 3.69. The maximum absolute atomic E-state index is 11.9. The van der Waals surface area contributed by atoms with E-state index in [2.05, 4.69) is 19.6 Å². The van der Waals surface area contributed by atoms with Crippen molar-refractivity contribution in [1.82, 2.24) is 0 Å². The highest BCUT2D eigenvalue weighted by atomic mass is 16.3. The Kier molecular flexibility index (Phi) is 2.31. The van der Waals surface area contributed by atoms with Gasteiger partial charge >= 0.3 is 0 Å². The first-order valence-corrected chi connectivity index (χ1v) is 5.14. The van der Waals surface area contributed by atoms with Crippen molar-refractivity contribution in [3.8, 4) is 0 Å². The van der Waals surface area contributed by atoms with Gasteiger partial charge < -0.3 is 5.11 Å². The van der Waals surface area contributed by atoms with E-state index in [0.717, 1.165) is 6.42 Å². The number of Topliss-reactive ketones (excluding diaryl/α,β-unsaturated/α-hetero) is 1. The predicted octanol–water partition coefficient (Wildman–Crippen LogP) is 1.56. The lowest BCUT2D eigenvalue weighted by Gasteiger charge is -2.43. The van der Waals surface area contributed by atoms with Crippen LogP contribution in [0.25, 0.3) is 0 Å². The molecule has 2 heteroatoms. The van der Waals surface area contributed by atoms with E-state index in [4.69, 9.17) is 0 Å². The summed E-state index contributed by atoms with van der Waals surface area (Å²) < 4.78 is 0. The van der Waals surface area contributed by atoms with Gasteiger partial charge in [0.25, 0.3) is 0 Å². The highest BCUT2D eigenvalue weighted by molar-refractivity contribution is 5.88. The summed E-state index contributed by atoms with van der Waals surface area (Å²) in [5.41, 5.74) is 1.27. The monoisotopic (exact) mass is 192 g/mol. The smallest absolute Gasteiger partial charge is 0.146 e. The van der Waals surface area contributed by atoms with Crippen LogP contribution in [0.3, 0.4) is 0 Å². The molecule has 4 atom stereocenters. The molecule has 0 aromatic rings. The molecule has 3 aliphatic rings. The van der Waals surface area contributed by atoms with Crippen LogP contribution in [0.2, 0.25) is 0 Å². The topological polar surface area (TPSA) is 37.3 Å². The third-order valence-corrected chi connectivity index (χ3v) is 3.69. The number of allylic oxidation sites excluding steroid dienone is 3.